The lowest BCUT2D eigenvalue weighted by Gasteiger charge is -2.39. The van der Waals surface area contributed by atoms with Crippen molar-refractivity contribution in [3.8, 4) is 0 Å². The van der Waals surface area contributed by atoms with Gasteiger partial charge in [-0.05, 0) is 90.3 Å². The number of nitrogens with zero attached hydrogens (tertiary/aromatic N) is 4. The van der Waals surface area contributed by atoms with Gasteiger partial charge in [-0.25, -0.2) is 0 Å². The summed E-state index contributed by atoms with van der Waals surface area (Å²) in [7, 11) is 1.69. The van der Waals surface area contributed by atoms with E-state index in [2.05, 4.69) is 81.9 Å². The molecule has 324 valence electrons. The van der Waals surface area contributed by atoms with E-state index in [1.165, 1.54) is 44.9 Å². The number of aliphatic hydroxyl groups is 2. The van der Waals surface area contributed by atoms with Crippen LogP contribution >= 0.6 is 0 Å². The second kappa shape index (κ2) is 16.5. The standard InChI is InChI=1S/C46H84N4O6/c1-33-11-14-38-41(4,5)44(38,25-33)54-30-47-17-19-48(31-55-45-26-34(2)12-15-39(45)42(45,6)7)21-23-50(36(29-53-10)37(52)28-51)24-22-49(20-18-47)32-56-46-27-35(3)13-16-40(46)43(46,8)9/h33-40,51-52H,11-32H2,1-10H3. The van der Waals surface area contributed by atoms with Crippen LogP contribution in [-0.2, 0) is 18.9 Å². The lowest BCUT2D eigenvalue weighted by molar-refractivity contribution is -0.104. The fraction of sp³-hybridized carbons (Fsp3) is 1.00. The Morgan fingerprint density at radius 2 is 0.857 bits per heavy atom. The van der Waals surface area contributed by atoms with E-state index in [4.69, 9.17) is 18.9 Å². The van der Waals surface area contributed by atoms with Gasteiger partial charge in [0, 0.05) is 59.5 Å². The van der Waals surface area contributed by atoms with Crippen LogP contribution in [0.15, 0.2) is 0 Å². The van der Waals surface area contributed by atoms with Crippen LogP contribution in [-0.4, -0.2) is 152 Å². The maximum absolute atomic E-state index is 11.1. The molecule has 11 atom stereocenters. The van der Waals surface area contributed by atoms with E-state index < -0.39 is 6.10 Å². The van der Waals surface area contributed by atoms with Crippen molar-refractivity contribution in [3.63, 3.8) is 0 Å². The summed E-state index contributed by atoms with van der Waals surface area (Å²) in [4.78, 5) is 9.97. The summed E-state index contributed by atoms with van der Waals surface area (Å²) in [6.07, 6.45) is 10.3. The molecule has 0 aromatic heterocycles. The molecule has 6 aliphatic carbocycles. The summed E-state index contributed by atoms with van der Waals surface area (Å²) in [5.74, 6) is 4.04. The second-order valence-corrected chi connectivity index (χ2v) is 22.1. The molecule has 1 aliphatic heterocycles. The number of hydrogen-bond donors (Lipinski definition) is 2. The highest BCUT2D eigenvalue weighted by atomic mass is 16.5. The van der Waals surface area contributed by atoms with E-state index in [1.54, 1.807) is 7.11 Å². The lowest BCUT2D eigenvalue weighted by Crippen LogP contribution is -2.54. The quantitative estimate of drug-likeness (QED) is 0.214. The molecule has 7 fully saturated rings. The normalized spacial score (nSPS) is 42.6. The van der Waals surface area contributed by atoms with Crippen LogP contribution < -0.4 is 0 Å². The molecule has 2 N–H and O–H groups in total. The van der Waals surface area contributed by atoms with E-state index in [-0.39, 0.29) is 45.7 Å². The number of hydrogen-bond acceptors (Lipinski definition) is 10. The van der Waals surface area contributed by atoms with Gasteiger partial charge in [0.25, 0.3) is 0 Å². The van der Waals surface area contributed by atoms with Gasteiger partial charge in [-0.3, -0.25) is 19.6 Å². The van der Waals surface area contributed by atoms with Crippen molar-refractivity contribution in [2.45, 2.75) is 149 Å². The van der Waals surface area contributed by atoms with Gasteiger partial charge in [-0.2, -0.15) is 0 Å². The highest BCUT2D eigenvalue weighted by Gasteiger charge is 2.75. The molecule has 56 heavy (non-hydrogen) atoms. The van der Waals surface area contributed by atoms with Crippen LogP contribution in [0, 0.1) is 51.8 Å². The summed E-state index contributed by atoms with van der Waals surface area (Å²) < 4.78 is 27.1. The van der Waals surface area contributed by atoms with Crippen LogP contribution in [0.2, 0.25) is 0 Å². The Balaban J connectivity index is 1.10. The van der Waals surface area contributed by atoms with Gasteiger partial charge in [0.05, 0.1) is 62.4 Å². The summed E-state index contributed by atoms with van der Waals surface area (Å²) in [6, 6.07) is -0.301. The topological polar surface area (TPSA) is 90.3 Å². The summed E-state index contributed by atoms with van der Waals surface area (Å²) in [6.45, 7) is 30.5. The summed E-state index contributed by atoms with van der Waals surface area (Å²) in [5.41, 5.74) is 0.599. The second-order valence-electron chi connectivity index (χ2n) is 22.1. The largest absolute Gasteiger partial charge is 0.394 e. The van der Waals surface area contributed by atoms with Gasteiger partial charge < -0.3 is 29.2 Å². The minimum Gasteiger partial charge on any atom is -0.394 e. The van der Waals surface area contributed by atoms with Gasteiger partial charge in [-0.15, -0.1) is 0 Å². The summed E-state index contributed by atoms with van der Waals surface area (Å²) in [5, 5.41) is 21.3. The Bertz CT molecular complexity index is 1270. The molecule has 6 saturated carbocycles. The van der Waals surface area contributed by atoms with Crippen LogP contribution in [0.3, 0.4) is 0 Å². The Morgan fingerprint density at radius 1 is 0.536 bits per heavy atom. The number of methoxy groups -OCH3 is 1. The molecule has 1 saturated heterocycles. The van der Waals surface area contributed by atoms with Crippen molar-refractivity contribution < 1.29 is 29.2 Å². The first-order valence-electron chi connectivity index (χ1n) is 23.1. The third kappa shape index (κ3) is 7.83. The molecule has 0 aromatic rings. The van der Waals surface area contributed by atoms with Gasteiger partial charge >= 0.3 is 0 Å². The van der Waals surface area contributed by atoms with Crippen molar-refractivity contribution in [1.82, 2.24) is 19.6 Å². The Hall–Kier alpha value is -0.400. The van der Waals surface area contributed by atoms with Gasteiger partial charge in [0.1, 0.15) is 0 Å². The van der Waals surface area contributed by atoms with Crippen molar-refractivity contribution in [2.75, 3.05) is 92.9 Å². The molecule has 0 amide bonds. The number of fused-ring (bicyclic) bond motifs is 3. The van der Waals surface area contributed by atoms with Crippen molar-refractivity contribution >= 4 is 0 Å². The van der Waals surface area contributed by atoms with Gasteiger partial charge in [0.15, 0.2) is 0 Å². The first-order valence-corrected chi connectivity index (χ1v) is 23.1. The number of aliphatic hydroxyl groups excluding tert-OH is 2. The number of rotatable bonds is 14. The van der Waals surface area contributed by atoms with E-state index >= 15 is 0 Å². The highest BCUT2D eigenvalue weighted by Crippen LogP contribution is 2.72. The molecule has 10 nitrogen and oxygen atoms in total. The van der Waals surface area contributed by atoms with E-state index in [1.807, 2.05) is 0 Å². The average molecular weight is 789 g/mol. The maximum atomic E-state index is 11.1. The van der Waals surface area contributed by atoms with Crippen molar-refractivity contribution in [2.24, 2.45) is 51.8 Å². The van der Waals surface area contributed by atoms with Crippen LogP contribution in [0.25, 0.3) is 0 Å². The average Bonchev–Trinajstić information content (AvgIpc) is 3.98. The predicted molar refractivity (Wildman–Crippen MR) is 222 cm³/mol. The third-order valence-electron chi connectivity index (χ3n) is 17.9. The maximum Gasteiger partial charge on any atom is 0.0999 e. The lowest BCUT2D eigenvalue weighted by atomic mass is 9.88. The van der Waals surface area contributed by atoms with Crippen molar-refractivity contribution in [3.05, 3.63) is 0 Å². The molecule has 0 bridgehead atoms. The van der Waals surface area contributed by atoms with Crippen molar-refractivity contribution in [1.29, 1.82) is 0 Å². The SMILES string of the molecule is COCC(C(O)CO)N1CCN(COC23CC(C)CCC2C3(C)C)CCN(COC23CC(C)CCC2C3(C)C)CCN(COC23CC(C)CCC2C3(C)C)CC1. The first kappa shape index (κ1) is 43.7. The monoisotopic (exact) mass is 789 g/mol. The Kier molecular flexibility index (Phi) is 12.8. The molecule has 7 rings (SSSR count). The summed E-state index contributed by atoms with van der Waals surface area (Å²) >= 11 is 0. The molecular formula is C46H84N4O6. The molecule has 1 heterocycles. The molecule has 7 aliphatic rings. The zero-order valence-electron chi connectivity index (χ0n) is 37.5. The number of ether oxygens (including phenoxy) is 4. The molecule has 11 unspecified atom stereocenters. The molecular weight excluding hydrogens is 705 g/mol. The van der Waals surface area contributed by atoms with Gasteiger partial charge in [-0.1, -0.05) is 81.6 Å². The zero-order chi connectivity index (χ0) is 40.3. The molecule has 0 radical (unpaired) electrons. The highest BCUT2D eigenvalue weighted by molar-refractivity contribution is 5.24. The van der Waals surface area contributed by atoms with Crippen LogP contribution in [0.1, 0.15) is 120 Å². The van der Waals surface area contributed by atoms with E-state index in [0.717, 1.165) is 65.2 Å². The van der Waals surface area contributed by atoms with E-state index in [0.29, 0.717) is 62.3 Å². The van der Waals surface area contributed by atoms with Crippen LogP contribution in [0.4, 0.5) is 0 Å². The molecule has 0 spiro atoms. The first-order chi connectivity index (χ1) is 26.5. The Morgan fingerprint density at radius 3 is 1.16 bits per heavy atom. The van der Waals surface area contributed by atoms with Gasteiger partial charge in [0.2, 0.25) is 0 Å². The smallest absolute Gasteiger partial charge is 0.0999 e. The minimum absolute atomic E-state index is 0.00282. The van der Waals surface area contributed by atoms with E-state index in [9.17, 15) is 10.2 Å². The molecule has 10 heteroatoms. The zero-order valence-corrected chi connectivity index (χ0v) is 37.5. The minimum atomic E-state index is -0.881. The predicted octanol–water partition coefficient (Wildman–Crippen LogP) is 6.14. The fourth-order valence-corrected chi connectivity index (χ4v) is 13.7. The molecule has 0 aromatic carbocycles. The van der Waals surface area contributed by atoms with Crippen LogP contribution in [0.5, 0.6) is 0 Å². The third-order valence-corrected chi connectivity index (χ3v) is 17.9. The Labute approximate surface area is 341 Å². The fourth-order valence-electron chi connectivity index (χ4n) is 13.7.